The second-order valence-electron chi connectivity index (χ2n) is 19.0. The van der Waals surface area contributed by atoms with Gasteiger partial charge in [0, 0.05) is 62.3 Å². The molecule has 18 heteroatoms. The van der Waals surface area contributed by atoms with E-state index in [2.05, 4.69) is 48.1 Å². The molecule has 1 aliphatic rings. The van der Waals surface area contributed by atoms with E-state index < -0.39 is 12.1 Å². The summed E-state index contributed by atoms with van der Waals surface area (Å²) >= 11 is 0. The highest BCUT2D eigenvalue weighted by atomic mass is 33.1. The number of nitrogens with one attached hydrogen (secondary N) is 2. The Morgan fingerprint density at radius 1 is 0.375 bits per heavy atom. The van der Waals surface area contributed by atoms with Gasteiger partial charge < -0.3 is 39.4 Å². The van der Waals surface area contributed by atoms with Crippen LogP contribution >= 0.6 is 43.2 Å². The van der Waals surface area contributed by atoms with Crippen LogP contribution in [0.1, 0.15) is 207 Å². The molecule has 2 amide bonds. The summed E-state index contributed by atoms with van der Waals surface area (Å²) in [5.74, 6) is 0.886. The van der Waals surface area contributed by atoms with E-state index in [4.69, 9.17) is 18.9 Å². The number of nitrogens with zero attached hydrogens (tertiary/aromatic N) is 2. The number of rotatable bonds is 52. The predicted molar refractivity (Wildman–Crippen MR) is 302 cm³/mol. The number of esters is 4. The maximum Gasteiger partial charge on any atom is 0.307 e. The monoisotopic (exact) mass is 1090 g/mol. The van der Waals surface area contributed by atoms with Crippen molar-refractivity contribution in [2.24, 2.45) is 0 Å². The molecule has 2 unspecified atom stereocenters. The average molecular weight is 1090 g/mol. The van der Waals surface area contributed by atoms with Gasteiger partial charge in [0.25, 0.3) is 0 Å². The molecule has 2 atom stereocenters. The minimum absolute atomic E-state index is 0.211. The smallest absolute Gasteiger partial charge is 0.307 e. The van der Waals surface area contributed by atoms with Crippen LogP contribution in [0, 0.1) is 0 Å². The highest BCUT2D eigenvalue weighted by Crippen LogP contribution is 2.25. The lowest BCUT2D eigenvalue weighted by Crippen LogP contribution is -2.63. The molecule has 0 saturated carbocycles. The summed E-state index contributed by atoms with van der Waals surface area (Å²) < 4.78 is 22.0. The van der Waals surface area contributed by atoms with Crippen molar-refractivity contribution in [1.29, 1.82) is 0 Å². The van der Waals surface area contributed by atoms with Crippen molar-refractivity contribution >= 4 is 78.9 Å². The molecule has 0 aromatic heterocycles. The van der Waals surface area contributed by atoms with Gasteiger partial charge in [-0.15, -0.1) is 0 Å². The number of amides is 2. The summed E-state index contributed by atoms with van der Waals surface area (Å²) in [5, 5.41) is 5.81. The van der Waals surface area contributed by atoms with Crippen molar-refractivity contribution in [3.8, 4) is 0 Å². The molecule has 420 valence electrons. The molecule has 14 nitrogen and oxygen atoms in total. The van der Waals surface area contributed by atoms with Gasteiger partial charge in [0.15, 0.2) is 0 Å². The zero-order valence-corrected chi connectivity index (χ0v) is 48.7. The minimum atomic E-state index is -0.647. The third-order valence-electron chi connectivity index (χ3n) is 12.5. The highest BCUT2D eigenvalue weighted by Gasteiger charge is 2.33. The maximum absolute atomic E-state index is 13.1. The maximum atomic E-state index is 13.1. The van der Waals surface area contributed by atoms with E-state index in [-0.39, 0.29) is 61.4 Å². The Kier molecular flexibility index (Phi) is 47.3. The minimum Gasteiger partial charge on any atom is -0.466 e. The van der Waals surface area contributed by atoms with E-state index in [1.54, 1.807) is 21.6 Å². The van der Waals surface area contributed by atoms with Gasteiger partial charge in [-0.2, -0.15) is 0 Å². The standard InChI is InChI=1S/C54H100N4O10S4/c1-5-9-13-17-21-25-39-65-49(59)29-33-57(34-30-50(60)66-40-26-22-18-14-10-6-2)37-43-69-71-45-47-53(63)56-48(54(64)55-47)46-72-70-44-38-58(35-31-51(61)67-41-27-23-19-15-11-7-3)36-32-52(62)68-42-28-24-20-16-12-8-4/h47-48H,5-46H2,1-4H3,(H,55,64)(H,56,63). The molecule has 1 rings (SSSR count). The third-order valence-corrected chi connectivity index (χ3v) is 17.2. The first-order chi connectivity index (χ1) is 35.1. The molecule has 0 spiro atoms. The second kappa shape index (κ2) is 50.0. The normalized spacial score (nSPS) is 14.6. The molecule has 1 heterocycles. The van der Waals surface area contributed by atoms with Gasteiger partial charge in [0.05, 0.1) is 52.1 Å². The van der Waals surface area contributed by atoms with Crippen molar-refractivity contribution in [3.63, 3.8) is 0 Å². The van der Waals surface area contributed by atoms with Crippen LogP contribution in [0.3, 0.4) is 0 Å². The summed E-state index contributed by atoms with van der Waals surface area (Å²) in [6.45, 7) is 13.7. The second-order valence-corrected chi connectivity index (χ2v) is 24.2. The predicted octanol–water partition coefficient (Wildman–Crippen LogP) is 11.5. The molecule has 1 fully saturated rings. The van der Waals surface area contributed by atoms with E-state index in [9.17, 15) is 28.8 Å². The van der Waals surface area contributed by atoms with Crippen LogP contribution in [0.5, 0.6) is 0 Å². The fourth-order valence-electron chi connectivity index (χ4n) is 7.82. The number of unbranched alkanes of at least 4 members (excludes halogenated alkanes) is 20. The lowest BCUT2D eigenvalue weighted by atomic mass is 10.1. The van der Waals surface area contributed by atoms with Crippen molar-refractivity contribution in [1.82, 2.24) is 20.4 Å². The van der Waals surface area contributed by atoms with Crippen LogP contribution in [0.2, 0.25) is 0 Å². The van der Waals surface area contributed by atoms with Gasteiger partial charge in [-0.05, 0) is 25.7 Å². The Bertz CT molecular complexity index is 1220. The number of hydrogen-bond acceptors (Lipinski definition) is 16. The number of ether oxygens (including phenoxy) is 4. The van der Waals surface area contributed by atoms with Crippen LogP contribution in [-0.2, 0) is 47.7 Å². The average Bonchev–Trinajstić information content (AvgIpc) is 3.37. The van der Waals surface area contributed by atoms with Crippen LogP contribution < -0.4 is 10.6 Å². The van der Waals surface area contributed by atoms with Gasteiger partial charge >= 0.3 is 23.9 Å². The number of carbonyl (C=O) groups excluding carboxylic acids is 6. The molecule has 2 N–H and O–H groups in total. The fourth-order valence-corrected chi connectivity index (χ4v) is 12.2. The summed E-state index contributed by atoms with van der Waals surface area (Å²) in [6.07, 6.45) is 28.0. The van der Waals surface area contributed by atoms with Crippen molar-refractivity contribution in [3.05, 3.63) is 0 Å². The summed E-state index contributed by atoms with van der Waals surface area (Å²) in [5.41, 5.74) is 0. The van der Waals surface area contributed by atoms with Crippen molar-refractivity contribution in [2.45, 2.75) is 220 Å². The summed E-state index contributed by atoms with van der Waals surface area (Å²) in [7, 11) is 6.21. The van der Waals surface area contributed by atoms with E-state index in [1.165, 1.54) is 98.6 Å². The van der Waals surface area contributed by atoms with Crippen LogP contribution in [0.4, 0.5) is 0 Å². The molecule has 1 saturated heterocycles. The fraction of sp³-hybridized carbons (Fsp3) is 0.889. The molecule has 0 bridgehead atoms. The molecule has 1 aliphatic heterocycles. The first-order valence-corrected chi connectivity index (χ1v) is 33.3. The van der Waals surface area contributed by atoms with E-state index in [1.807, 2.05) is 0 Å². The number of hydrogen-bond donors (Lipinski definition) is 2. The number of carbonyl (C=O) groups is 6. The topological polar surface area (TPSA) is 170 Å². The van der Waals surface area contributed by atoms with E-state index in [0.29, 0.717) is 88.7 Å². The Balaban J connectivity index is 2.52. The Hall–Kier alpha value is -1.86. The first-order valence-electron chi connectivity index (χ1n) is 28.3. The largest absolute Gasteiger partial charge is 0.466 e. The molecule has 0 aliphatic carbocycles. The van der Waals surface area contributed by atoms with Gasteiger partial charge in [-0.3, -0.25) is 28.8 Å². The van der Waals surface area contributed by atoms with Gasteiger partial charge in [-0.1, -0.05) is 199 Å². The first kappa shape index (κ1) is 68.2. The molecule has 0 aromatic carbocycles. The SMILES string of the molecule is CCCCCCCCOC(=O)CCN(CCSSCC1NC(=O)C(CSSCCN(CCC(=O)OCCCCCCCC)CCC(=O)OCCCCCCCC)NC1=O)CCC(=O)OCCCCCCCC. The zero-order valence-electron chi connectivity index (χ0n) is 45.5. The summed E-state index contributed by atoms with van der Waals surface area (Å²) in [4.78, 5) is 80.7. The quantitative estimate of drug-likeness (QED) is 0.0255. The van der Waals surface area contributed by atoms with Gasteiger partial charge in [0.1, 0.15) is 12.1 Å². The van der Waals surface area contributed by atoms with Gasteiger partial charge in [-0.25, -0.2) is 0 Å². The molecular weight excluding hydrogens is 993 g/mol. The third kappa shape index (κ3) is 41.4. The molecule has 0 aromatic rings. The van der Waals surface area contributed by atoms with E-state index >= 15 is 0 Å². The van der Waals surface area contributed by atoms with Crippen molar-refractivity contribution in [2.75, 3.05) is 88.7 Å². The van der Waals surface area contributed by atoms with Crippen molar-refractivity contribution < 1.29 is 47.7 Å². The highest BCUT2D eigenvalue weighted by molar-refractivity contribution is 8.77. The van der Waals surface area contributed by atoms with Crippen LogP contribution in [0.25, 0.3) is 0 Å². The molecular formula is C54H100N4O10S4. The Labute approximate surface area is 452 Å². The zero-order chi connectivity index (χ0) is 52.5. The van der Waals surface area contributed by atoms with Crippen LogP contribution in [0.15, 0.2) is 0 Å². The Morgan fingerprint density at radius 2 is 0.625 bits per heavy atom. The lowest BCUT2D eigenvalue weighted by Gasteiger charge is -2.29. The molecule has 0 radical (unpaired) electrons. The lowest BCUT2D eigenvalue weighted by molar-refractivity contribution is -0.146. The summed E-state index contributed by atoms with van der Waals surface area (Å²) in [6, 6.07) is -1.29. The van der Waals surface area contributed by atoms with Crippen LogP contribution in [-0.4, -0.2) is 146 Å². The Morgan fingerprint density at radius 3 is 0.889 bits per heavy atom. The molecule has 72 heavy (non-hydrogen) atoms. The number of piperazine rings is 1. The van der Waals surface area contributed by atoms with Gasteiger partial charge in [0.2, 0.25) is 11.8 Å². The van der Waals surface area contributed by atoms with E-state index in [0.717, 1.165) is 77.0 Å².